The largest absolute Gasteiger partial charge is 0.475 e. The van der Waals surface area contributed by atoms with E-state index in [9.17, 15) is 4.79 Å². The monoisotopic (exact) mass is 259 g/mol. The lowest BCUT2D eigenvalue weighted by atomic mass is 10.1. The Hall–Kier alpha value is -2.10. The maximum absolute atomic E-state index is 11.1. The highest BCUT2D eigenvalue weighted by molar-refractivity contribution is 5.86. The van der Waals surface area contributed by atoms with Crippen molar-refractivity contribution in [1.29, 1.82) is 0 Å². The van der Waals surface area contributed by atoms with Crippen molar-refractivity contribution in [3.8, 4) is 11.5 Å². The number of carboxylic acid groups (broad SMARTS) is 1. The van der Waals surface area contributed by atoms with Crippen LogP contribution < -0.4 is 0 Å². The van der Waals surface area contributed by atoms with Crippen LogP contribution in [0.5, 0.6) is 0 Å². The van der Waals surface area contributed by atoms with Gasteiger partial charge in [-0.1, -0.05) is 31.0 Å². The van der Waals surface area contributed by atoms with E-state index in [2.05, 4.69) is 4.98 Å². The lowest BCUT2D eigenvalue weighted by Crippen LogP contribution is -1.99. The van der Waals surface area contributed by atoms with Gasteiger partial charge in [0.1, 0.15) is 0 Å². The molecule has 4 nitrogen and oxygen atoms in total. The Morgan fingerprint density at radius 3 is 2.68 bits per heavy atom. The number of rotatable bonds is 4. The van der Waals surface area contributed by atoms with Crippen LogP contribution >= 0.6 is 0 Å². The number of oxazole rings is 1. The third-order valence-electron chi connectivity index (χ3n) is 2.99. The van der Waals surface area contributed by atoms with E-state index in [1.165, 1.54) is 0 Å². The van der Waals surface area contributed by atoms with Gasteiger partial charge in [-0.05, 0) is 31.9 Å². The molecule has 1 N–H and O–H groups in total. The van der Waals surface area contributed by atoms with Gasteiger partial charge in [-0.15, -0.1) is 0 Å². The molecular formula is C15H17NO3. The molecule has 0 saturated carbocycles. The Labute approximate surface area is 112 Å². The number of benzene rings is 1. The predicted molar refractivity (Wildman–Crippen MR) is 72.4 cm³/mol. The van der Waals surface area contributed by atoms with E-state index in [4.69, 9.17) is 9.52 Å². The number of carbonyl (C=O) groups is 1. The molecule has 0 atom stereocenters. The van der Waals surface area contributed by atoms with E-state index in [1.807, 2.05) is 39.0 Å². The maximum atomic E-state index is 11.1. The molecule has 0 fully saturated rings. The summed E-state index contributed by atoms with van der Waals surface area (Å²) in [7, 11) is 0. The van der Waals surface area contributed by atoms with Gasteiger partial charge in [-0.2, -0.15) is 0 Å². The summed E-state index contributed by atoms with van der Waals surface area (Å²) in [5.74, 6) is -0.720. The first-order valence-corrected chi connectivity index (χ1v) is 6.33. The standard InChI is InChI=1S/C15H17NO3/c1-4-5-12-13(15(17)18)19-14(16-12)11-7-6-9(2)8-10(11)3/h6-8H,4-5H2,1-3H3,(H,17,18). The Balaban J connectivity index is 2.50. The van der Waals surface area contributed by atoms with Crippen LogP contribution in [0.15, 0.2) is 22.6 Å². The number of hydrogen-bond donors (Lipinski definition) is 1. The molecule has 1 heterocycles. The fourth-order valence-electron chi connectivity index (χ4n) is 2.09. The van der Waals surface area contributed by atoms with Crippen molar-refractivity contribution in [2.24, 2.45) is 0 Å². The van der Waals surface area contributed by atoms with E-state index < -0.39 is 5.97 Å². The van der Waals surface area contributed by atoms with Crippen LogP contribution in [-0.2, 0) is 6.42 Å². The van der Waals surface area contributed by atoms with Crippen LogP contribution in [0.25, 0.3) is 11.5 Å². The van der Waals surface area contributed by atoms with E-state index >= 15 is 0 Å². The highest BCUT2D eigenvalue weighted by atomic mass is 16.4. The van der Waals surface area contributed by atoms with E-state index in [-0.39, 0.29) is 5.76 Å². The second-order valence-corrected chi connectivity index (χ2v) is 4.67. The van der Waals surface area contributed by atoms with Crippen molar-refractivity contribution < 1.29 is 14.3 Å². The van der Waals surface area contributed by atoms with Crippen LogP contribution in [0.4, 0.5) is 0 Å². The summed E-state index contributed by atoms with van der Waals surface area (Å²) < 4.78 is 5.42. The Bertz CT molecular complexity index is 614. The van der Waals surface area contributed by atoms with E-state index in [0.29, 0.717) is 18.0 Å². The average Bonchev–Trinajstić information content (AvgIpc) is 2.73. The van der Waals surface area contributed by atoms with Crippen molar-refractivity contribution in [2.45, 2.75) is 33.6 Å². The molecule has 100 valence electrons. The molecule has 0 radical (unpaired) electrons. The molecule has 1 aromatic carbocycles. The molecule has 19 heavy (non-hydrogen) atoms. The molecule has 0 spiro atoms. The summed E-state index contributed by atoms with van der Waals surface area (Å²) >= 11 is 0. The Morgan fingerprint density at radius 2 is 2.11 bits per heavy atom. The van der Waals surface area contributed by atoms with Crippen LogP contribution in [0.1, 0.15) is 40.7 Å². The van der Waals surface area contributed by atoms with Gasteiger partial charge in [0.15, 0.2) is 0 Å². The maximum Gasteiger partial charge on any atom is 0.373 e. The van der Waals surface area contributed by atoms with Gasteiger partial charge in [0.25, 0.3) is 0 Å². The SMILES string of the molecule is CCCc1nc(-c2ccc(C)cc2C)oc1C(=O)O. The first-order valence-electron chi connectivity index (χ1n) is 6.33. The minimum Gasteiger partial charge on any atom is -0.475 e. The fourth-order valence-corrected chi connectivity index (χ4v) is 2.09. The average molecular weight is 259 g/mol. The zero-order chi connectivity index (χ0) is 14.0. The van der Waals surface area contributed by atoms with Crippen LogP contribution in [0.3, 0.4) is 0 Å². The van der Waals surface area contributed by atoms with Crippen LogP contribution in [0, 0.1) is 13.8 Å². The summed E-state index contributed by atoms with van der Waals surface area (Å²) in [6.45, 7) is 5.96. The highest BCUT2D eigenvalue weighted by Crippen LogP contribution is 2.26. The van der Waals surface area contributed by atoms with E-state index in [1.54, 1.807) is 0 Å². The quantitative estimate of drug-likeness (QED) is 0.911. The molecule has 0 saturated heterocycles. The summed E-state index contributed by atoms with van der Waals surface area (Å²) in [5, 5.41) is 9.13. The van der Waals surface area contributed by atoms with Crippen LogP contribution in [0.2, 0.25) is 0 Å². The number of nitrogens with zero attached hydrogens (tertiary/aromatic N) is 1. The molecule has 0 bridgehead atoms. The smallest absolute Gasteiger partial charge is 0.373 e. The zero-order valence-electron chi connectivity index (χ0n) is 11.4. The Kier molecular flexibility index (Phi) is 3.69. The van der Waals surface area contributed by atoms with Gasteiger partial charge in [-0.25, -0.2) is 9.78 Å². The third kappa shape index (κ3) is 2.67. The summed E-state index contributed by atoms with van der Waals surface area (Å²) in [6.07, 6.45) is 1.44. The molecule has 4 heteroatoms. The van der Waals surface area contributed by atoms with Gasteiger partial charge < -0.3 is 9.52 Å². The van der Waals surface area contributed by atoms with Gasteiger partial charge >= 0.3 is 5.97 Å². The molecule has 2 aromatic rings. The van der Waals surface area contributed by atoms with Crippen molar-refractivity contribution in [1.82, 2.24) is 4.98 Å². The number of aromatic carboxylic acids is 1. The zero-order valence-corrected chi connectivity index (χ0v) is 11.4. The lowest BCUT2D eigenvalue weighted by molar-refractivity contribution is 0.0661. The van der Waals surface area contributed by atoms with Gasteiger partial charge in [0.2, 0.25) is 11.7 Å². The Morgan fingerprint density at radius 1 is 1.37 bits per heavy atom. The molecule has 0 aliphatic carbocycles. The number of aryl methyl sites for hydroxylation is 3. The summed E-state index contributed by atoms with van der Waals surface area (Å²) in [6, 6.07) is 5.91. The second kappa shape index (κ2) is 5.26. The first-order chi connectivity index (χ1) is 9.02. The fraction of sp³-hybridized carbons (Fsp3) is 0.333. The number of carboxylic acids is 1. The van der Waals surface area contributed by atoms with Crippen LogP contribution in [-0.4, -0.2) is 16.1 Å². The van der Waals surface area contributed by atoms with Crippen molar-refractivity contribution >= 4 is 5.97 Å². The lowest BCUT2D eigenvalue weighted by Gasteiger charge is -2.02. The highest BCUT2D eigenvalue weighted by Gasteiger charge is 2.20. The predicted octanol–water partition coefficient (Wildman–Crippen LogP) is 3.61. The second-order valence-electron chi connectivity index (χ2n) is 4.67. The van der Waals surface area contributed by atoms with Crippen molar-refractivity contribution in [3.63, 3.8) is 0 Å². The molecular weight excluding hydrogens is 242 g/mol. The number of hydrogen-bond acceptors (Lipinski definition) is 3. The van der Waals surface area contributed by atoms with E-state index in [0.717, 1.165) is 23.1 Å². The third-order valence-corrected chi connectivity index (χ3v) is 2.99. The summed E-state index contributed by atoms with van der Waals surface area (Å²) in [5.41, 5.74) is 3.54. The molecule has 0 amide bonds. The van der Waals surface area contributed by atoms with Crippen molar-refractivity contribution in [3.05, 3.63) is 40.8 Å². The normalized spacial score (nSPS) is 10.7. The molecule has 1 aromatic heterocycles. The minimum absolute atomic E-state index is 0.0446. The first kappa shape index (κ1) is 13.3. The topological polar surface area (TPSA) is 63.3 Å². The molecule has 0 aliphatic heterocycles. The molecule has 0 aliphatic rings. The molecule has 0 unspecified atom stereocenters. The van der Waals surface area contributed by atoms with Gasteiger partial charge in [-0.3, -0.25) is 0 Å². The van der Waals surface area contributed by atoms with Gasteiger partial charge in [0, 0.05) is 5.56 Å². The summed E-state index contributed by atoms with van der Waals surface area (Å²) in [4.78, 5) is 15.5. The number of aromatic nitrogens is 1. The van der Waals surface area contributed by atoms with Crippen molar-refractivity contribution in [2.75, 3.05) is 0 Å². The minimum atomic E-state index is -1.06. The molecule has 2 rings (SSSR count). The van der Waals surface area contributed by atoms with Gasteiger partial charge in [0.05, 0.1) is 5.69 Å².